The molecule has 1 amide bonds. The largest absolute Gasteiger partial charge is 0.422 e. The number of benzene rings is 2. The van der Waals surface area contributed by atoms with Crippen LogP contribution in [0.25, 0.3) is 11.0 Å². The normalized spacial score (nSPS) is 10.9. The van der Waals surface area contributed by atoms with Gasteiger partial charge >= 0.3 is 5.63 Å². The molecule has 0 unspecified atom stereocenters. The molecule has 0 saturated carbocycles. The van der Waals surface area contributed by atoms with Gasteiger partial charge in [0.1, 0.15) is 11.1 Å². The molecule has 0 spiro atoms. The number of nitrogens with one attached hydrogen (secondary N) is 1. The second-order valence-corrected chi connectivity index (χ2v) is 7.93. The third-order valence-electron chi connectivity index (χ3n) is 4.02. The number of nitrogens with zero attached hydrogens (tertiary/aromatic N) is 1. The maximum absolute atomic E-state index is 12.5. The van der Waals surface area contributed by atoms with E-state index in [-0.39, 0.29) is 5.56 Å². The predicted molar refractivity (Wildman–Crippen MR) is 112 cm³/mol. The van der Waals surface area contributed by atoms with E-state index >= 15 is 0 Å². The van der Waals surface area contributed by atoms with Crippen LogP contribution in [0.4, 0.5) is 5.13 Å². The van der Waals surface area contributed by atoms with Crippen molar-refractivity contribution in [2.75, 3.05) is 5.32 Å². The van der Waals surface area contributed by atoms with Gasteiger partial charge in [-0.05, 0) is 29.8 Å². The molecule has 0 radical (unpaired) electrons. The topological polar surface area (TPSA) is 72.2 Å². The Bertz CT molecular complexity index is 1250. The Balaban J connectivity index is 1.52. The number of amides is 1. The second kappa shape index (κ2) is 7.75. The number of hydrogen-bond donors (Lipinski definition) is 1. The summed E-state index contributed by atoms with van der Waals surface area (Å²) in [4.78, 5) is 29.7. The zero-order chi connectivity index (χ0) is 19.7. The molecular weight excluding hydrogens is 419 g/mol. The summed E-state index contributed by atoms with van der Waals surface area (Å²) in [6, 6.07) is 13.9. The molecule has 8 heteroatoms. The molecule has 0 aliphatic rings. The van der Waals surface area contributed by atoms with Crippen molar-refractivity contribution in [1.29, 1.82) is 0 Å². The lowest BCUT2D eigenvalue weighted by atomic mass is 10.1. The van der Waals surface area contributed by atoms with Crippen molar-refractivity contribution in [1.82, 2.24) is 4.98 Å². The average molecular weight is 431 g/mol. The smallest absolute Gasteiger partial charge is 0.349 e. The maximum atomic E-state index is 12.5. The van der Waals surface area contributed by atoms with Gasteiger partial charge in [0.15, 0.2) is 5.13 Å². The third-order valence-corrected chi connectivity index (χ3v) is 5.67. The van der Waals surface area contributed by atoms with E-state index in [9.17, 15) is 9.59 Å². The van der Waals surface area contributed by atoms with E-state index in [1.807, 2.05) is 6.07 Å². The van der Waals surface area contributed by atoms with Crippen molar-refractivity contribution in [2.45, 2.75) is 6.42 Å². The molecule has 140 valence electrons. The van der Waals surface area contributed by atoms with Crippen LogP contribution >= 0.6 is 34.5 Å². The van der Waals surface area contributed by atoms with E-state index in [0.717, 1.165) is 10.4 Å². The van der Waals surface area contributed by atoms with Gasteiger partial charge in [-0.3, -0.25) is 10.1 Å². The van der Waals surface area contributed by atoms with Crippen molar-refractivity contribution >= 4 is 56.5 Å². The number of fused-ring (bicyclic) bond motifs is 1. The lowest BCUT2D eigenvalue weighted by Crippen LogP contribution is -2.20. The van der Waals surface area contributed by atoms with Crippen LogP contribution < -0.4 is 10.9 Å². The minimum absolute atomic E-state index is 0.0695. The van der Waals surface area contributed by atoms with Crippen molar-refractivity contribution in [3.63, 3.8) is 0 Å². The number of anilines is 1. The molecular formula is C20H12Cl2N2O3S. The van der Waals surface area contributed by atoms with Gasteiger partial charge in [0.05, 0.1) is 10.0 Å². The van der Waals surface area contributed by atoms with Gasteiger partial charge in [0, 0.05) is 22.9 Å². The van der Waals surface area contributed by atoms with Crippen molar-refractivity contribution < 1.29 is 9.21 Å². The molecule has 4 rings (SSSR count). The molecule has 0 aliphatic carbocycles. The van der Waals surface area contributed by atoms with Gasteiger partial charge in [-0.2, -0.15) is 0 Å². The molecule has 5 nitrogen and oxygen atoms in total. The zero-order valence-corrected chi connectivity index (χ0v) is 16.6. The molecule has 0 atom stereocenters. The van der Waals surface area contributed by atoms with Gasteiger partial charge < -0.3 is 4.42 Å². The summed E-state index contributed by atoms with van der Waals surface area (Å²) in [5.74, 6) is -0.560. The molecule has 1 N–H and O–H groups in total. The number of rotatable bonds is 4. The highest BCUT2D eigenvalue weighted by atomic mass is 35.5. The first-order chi connectivity index (χ1) is 13.5. The summed E-state index contributed by atoms with van der Waals surface area (Å²) in [7, 11) is 0. The zero-order valence-electron chi connectivity index (χ0n) is 14.2. The fourth-order valence-electron chi connectivity index (χ4n) is 2.68. The molecule has 28 heavy (non-hydrogen) atoms. The highest BCUT2D eigenvalue weighted by Gasteiger charge is 2.15. The Hall–Kier alpha value is -2.67. The Labute approximate surface area is 173 Å². The lowest BCUT2D eigenvalue weighted by Gasteiger charge is -2.02. The van der Waals surface area contributed by atoms with Crippen LogP contribution in [0.3, 0.4) is 0 Å². The summed E-state index contributed by atoms with van der Waals surface area (Å²) in [5.41, 5.74) is 0.650. The summed E-state index contributed by atoms with van der Waals surface area (Å²) >= 11 is 13.3. The first-order valence-corrected chi connectivity index (χ1v) is 9.80. The number of carbonyl (C=O) groups excluding carboxylic acids is 1. The Morgan fingerprint density at radius 1 is 1.11 bits per heavy atom. The fraction of sp³-hybridized carbons (Fsp3) is 0.0500. The van der Waals surface area contributed by atoms with Gasteiger partial charge in [-0.15, -0.1) is 11.3 Å². The highest BCUT2D eigenvalue weighted by molar-refractivity contribution is 7.15. The maximum Gasteiger partial charge on any atom is 0.349 e. The Kier molecular flexibility index (Phi) is 5.17. The molecule has 0 bridgehead atoms. The molecule has 0 fully saturated rings. The first kappa shape index (κ1) is 18.7. The van der Waals surface area contributed by atoms with Crippen molar-refractivity contribution in [3.8, 4) is 0 Å². The monoisotopic (exact) mass is 430 g/mol. The summed E-state index contributed by atoms with van der Waals surface area (Å²) in [5, 5.41) is 4.70. The number of thiazole rings is 1. The molecule has 0 aliphatic heterocycles. The molecule has 4 aromatic rings. The van der Waals surface area contributed by atoms with Gasteiger partial charge in [0.2, 0.25) is 0 Å². The number of carbonyl (C=O) groups is 1. The van der Waals surface area contributed by atoms with Gasteiger partial charge in [-0.25, -0.2) is 9.78 Å². The second-order valence-electron chi connectivity index (χ2n) is 6.00. The molecule has 0 saturated heterocycles. The number of hydrogen-bond acceptors (Lipinski definition) is 5. The number of para-hydroxylation sites is 1. The summed E-state index contributed by atoms with van der Waals surface area (Å²) in [6.45, 7) is 0. The van der Waals surface area contributed by atoms with Crippen LogP contribution in [-0.4, -0.2) is 10.9 Å². The average Bonchev–Trinajstić information content (AvgIpc) is 3.11. The van der Waals surface area contributed by atoms with Gasteiger partial charge in [-0.1, -0.05) is 47.5 Å². The molecule has 2 heterocycles. The lowest BCUT2D eigenvalue weighted by molar-refractivity contribution is 0.102. The fourth-order valence-corrected chi connectivity index (χ4v) is 3.84. The van der Waals surface area contributed by atoms with Gasteiger partial charge in [0.25, 0.3) is 5.91 Å². The molecule has 2 aromatic heterocycles. The first-order valence-electron chi connectivity index (χ1n) is 8.22. The summed E-state index contributed by atoms with van der Waals surface area (Å²) < 4.78 is 5.20. The Morgan fingerprint density at radius 2 is 1.93 bits per heavy atom. The molecule has 2 aromatic carbocycles. The highest BCUT2D eigenvalue weighted by Crippen LogP contribution is 2.26. The third kappa shape index (κ3) is 3.94. The SMILES string of the molecule is O=C(Nc1ncc(Cc2ccc(Cl)c(Cl)c2)s1)c1cc2ccccc2oc1=O. The quantitative estimate of drug-likeness (QED) is 0.439. The van der Waals surface area contributed by atoms with Crippen molar-refractivity contribution in [3.05, 3.63) is 91.2 Å². The van der Waals surface area contributed by atoms with E-state index in [1.54, 1.807) is 42.6 Å². The van der Waals surface area contributed by atoms with E-state index in [1.165, 1.54) is 17.4 Å². The van der Waals surface area contributed by atoms with Crippen LogP contribution in [0, 0.1) is 0 Å². The summed E-state index contributed by atoms with van der Waals surface area (Å²) in [6.07, 6.45) is 2.27. The van der Waals surface area contributed by atoms with Crippen LogP contribution in [0.1, 0.15) is 20.8 Å². The van der Waals surface area contributed by atoms with E-state index in [4.69, 9.17) is 27.6 Å². The van der Waals surface area contributed by atoms with Crippen LogP contribution in [0.2, 0.25) is 10.0 Å². The number of halogens is 2. The van der Waals surface area contributed by atoms with E-state index in [2.05, 4.69) is 10.3 Å². The van der Waals surface area contributed by atoms with Crippen LogP contribution in [0.5, 0.6) is 0 Å². The predicted octanol–water partition coefficient (Wildman–Crippen LogP) is 5.40. The number of aromatic nitrogens is 1. The van der Waals surface area contributed by atoms with Crippen LogP contribution in [-0.2, 0) is 6.42 Å². The van der Waals surface area contributed by atoms with E-state index < -0.39 is 11.5 Å². The van der Waals surface area contributed by atoms with Crippen LogP contribution in [0.15, 0.2) is 63.9 Å². The standard InChI is InChI=1S/C20H12Cl2N2O3S/c21-15-6-5-11(8-16(15)22)7-13-10-23-20(28-13)24-18(25)14-9-12-3-1-2-4-17(12)27-19(14)26/h1-6,8-10H,7H2,(H,23,24,25). The Morgan fingerprint density at radius 3 is 2.75 bits per heavy atom. The minimum atomic E-state index is -0.691. The van der Waals surface area contributed by atoms with Crippen molar-refractivity contribution in [2.24, 2.45) is 0 Å². The van der Waals surface area contributed by atoms with E-state index in [0.29, 0.717) is 32.6 Å². The minimum Gasteiger partial charge on any atom is -0.422 e.